The molecule has 3 aromatic rings. The number of H-pyrrole nitrogens is 1. The molecule has 0 aliphatic rings. The molecule has 0 fully saturated rings. The highest BCUT2D eigenvalue weighted by molar-refractivity contribution is 6.08. The molecule has 8 heteroatoms. The van der Waals surface area contributed by atoms with Crippen LogP contribution in [0.2, 0.25) is 0 Å². The van der Waals surface area contributed by atoms with E-state index in [4.69, 9.17) is 4.74 Å². The molecule has 0 saturated carbocycles. The SMILES string of the molecule is CCOC(=O)c1[nH]c(C)c(C(=O)Nc2ccc(Cn3cncn3)cc2)c1C. The van der Waals surface area contributed by atoms with Crippen LogP contribution in [0.1, 0.15) is 44.6 Å². The van der Waals surface area contributed by atoms with Gasteiger partial charge in [-0.3, -0.25) is 4.79 Å². The Labute approximate surface area is 156 Å². The third kappa shape index (κ3) is 4.05. The number of benzene rings is 1. The monoisotopic (exact) mass is 367 g/mol. The number of esters is 1. The zero-order valence-corrected chi connectivity index (χ0v) is 15.4. The fourth-order valence-corrected chi connectivity index (χ4v) is 2.89. The van der Waals surface area contributed by atoms with Gasteiger partial charge in [0.2, 0.25) is 0 Å². The van der Waals surface area contributed by atoms with Crippen LogP contribution in [0.5, 0.6) is 0 Å². The van der Waals surface area contributed by atoms with E-state index in [1.54, 1.807) is 31.8 Å². The van der Waals surface area contributed by atoms with E-state index < -0.39 is 5.97 Å². The highest BCUT2D eigenvalue weighted by Crippen LogP contribution is 2.21. The van der Waals surface area contributed by atoms with Crippen LogP contribution < -0.4 is 5.32 Å². The van der Waals surface area contributed by atoms with Gasteiger partial charge in [-0.25, -0.2) is 14.5 Å². The number of aromatic nitrogens is 4. The molecule has 0 unspecified atom stereocenters. The summed E-state index contributed by atoms with van der Waals surface area (Å²) in [6.45, 7) is 6.10. The summed E-state index contributed by atoms with van der Waals surface area (Å²) < 4.78 is 6.74. The molecule has 2 heterocycles. The number of hydrogen-bond acceptors (Lipinski definition) is 5. The van der Waals surface area contributed by atoms with E-state index in [2.05, 4.69) is 20.4 Å². The van der Waals surface area contributed by atoms with Crippen molar-refractivity contribution < 1.29 is 14.3 Å². The van der Waals surface area contributed by atoms with E-state index >= 15 is 0 Å². The van der Waals surface area contributed by atoms with Crippen molar-refractivity contribution in [1.82, 2.24) is 19.7 Å². The quantitative estimate of drug-likeness (QED) is 0.652. The highest BCUT2D eigenvalue weighted by atomic mass is 16.5. The van der Waals surface area contributed by atoms with Gasteiger partial charge in [-0.1, -0.05) is 12.1 Å². The summed E-state index contributed by atoms with van der Waals surface area (Å²) in [5, 5.41) is 6.93. The minimum Gasteiger partial charge on any atom is -0.461 e. The lowest BCUT2D eigenvalue weighted by molar-refractivity contribution is 0.0519. The van der Waals surface area contributed by atoms with E-state index in [-0.39, 0.29) is 12.5 Å². The lowest BCUT2D eigenvalue weighted by Crippen LogP contribution is -2.14. The maximum atomic E-state index is 12.7. The van der Waals surface area contributed by atoms with Crippen LogP contribution in [0.3, 0.4) is 0 Å². The van der Waals surface area contributed by atoms with Crippen molar-refractivity contribution in [3.05, 3.63) is 65.0 Å². The zero-order valence-electron chi connectivity index (χ0n) is 15.4. The number of aromatic amines is 1. The standard InChI is InChI=1S/C19H21N5O3/c1-4-27-19(26)17-12(2)16(13(3)22-17)18(25)23-15-7-5-14(6-8-15)9-24-11-20-10-21-24/h5-8,10-11,22H,4,9H2,1-3H3,(H,23,25). The number of carbonyl (C=O) groups is 2. The molecule has 1 amide bonds. The number of amides is 1. The first-order valence-corrected chi connectivity index (χ1v) is 8.58. The molecule has 27 heavy (non-hydrogen) atoms. The first kappa shape index (κ1) is 18.4. The molecular weight excluding hydrogens is 346 g/mol. The number of ether oxygens (including phenoxy) is 1. The van der Waals surface area contributed by atoms with E-state index in [0.717, 1.165) is 5.56 Å². The first-order chi connectivity index (χ1) is 13.0. The number of anilines is 1. The van der Waals surface area contributed by atoms with E-state index in [1.807, 2.05) is 24.3 Å². The summed E-state index contributed by atoms with van der Waals surface area (Å²) in [6, 6.07) is 7.48. The number of hydrogen-bond donors (Lipinski definition) is 2. The van der Waals surface area contributed by atoms with Gasteiger partial charge in [0.1, 0.15) is 18.3 Å². The third-order valence-electron chi connectivity index (χ3n) is 4.17. The van der Waals surface area contributed by atoms with Crippen molar-refractivity contribution in [2.45, 2.75) is 27.3 Å². The largest absolute Gasteiger partial charge is 0.461 e. The van der Waals surface area contributed by atoms with Crippen LogP contribution in [-0.2, 0) is 11.3 Å². The minimum absolute atomic E-state index is 0.277. The molecule has 0 radical (unpaired) electrons. The van der Waals surface area contributed by atoms with Gasteiger partial charge in [0, 0.05) is 11.4 Å². The number of aryl methyl sites for hydroxylation is 1. The molecule has 1 aromatic carbocycles. The lowest BCUT2D eigenvalue weighted by atomic mass is 10.1. The summed E-state index contributed by atoms with van der Waals surface area (Å²) in [5.74, 6) is -0.740. The molecular formula is C19H21N5O3. The van der Waals surface area contributed by atoms with Crippen molar-refractivity contribution >= 4 is 17.6 Å². The van der Waals surface area contributed by atoms with Crippen LogP contribution >= 0.6 is 0 Å². The predicted molar refractivity (Wildman–Crippen MR) is 99.7 cm³/mol. The number of carbonyl (C=O) groups excluding carboxylic acids is 2. The maximum Gasteiger partial charge on any atom is 0.355 e. The average molecular weight is 367 g/mol. The van der Waals surface area contributed by atoms with Gasteiger partial charge in [-0.15, -0.1) is 0 Å². The fraction of sp³-hybridized carbons (Fsp3) is 0.263. The Kier molecular flexibility index (Phi) is 5.35. The third-order valence-corrected chi connectivity index (χ3v) is 4.17. The molecule has 0 aliphatic heterocycles. The van der Waals surface area contributed by atoms with Gasteiger partial charge in [-0.05, 0) is 44.0 Å². The van der Waals surface area contributed by atoms with Crippen LogP contribution in [0.4, 0.5) is 5.69 Å². The zero-order chi connectivity index (χ0) is 19.4. The Bertz CT molecular complexity index is 943. The van der Waals surface area contributed by atoms with E-state index in [1.165, 1.54) is 6.33 Å². The van der Waals surface area contributed by atoms with E-state index in [9.17, 15) is 9.59 Å². The lowest BCUT2D eigenvalue weighted by Gasteiger charge is -2.08. The van der Waals surface area contributed by atoms with Gasteiger partial charge < -0.3 is 15.0 Å². The van der Waals surface area contributed by atoms with Crippen molar-refractivity contribution in [2.24, 2.45) is 0 Å². The van der Waals surface area contributed by atoms with Crippen molar-refractivity contribution in [3.8, 4) is 0 Å². The summed E-state index contributed by atoms with van der Waals surface area (Å²) in [6.07, 6.45) is 3.13. The second-order valence-electron chi connectivity index (χ2n) is 6.09. The molecule has 0 spiro atoms. The van der Waals surface area contributed by atoms with Gasteiger partial charge in [0.05, 0.1) is 18.7 Å². The Morgan fingerprint density at radius 2 is 1.96 bits per heavy atom. The Balaban J connectivity index is 1.73. The molecule has 2 aromatic heterocycles. The summed E-state index contributed by atoms with van der Waals surface area (Å²) >= 11 is 0. The Hall–Kier alpha value is -3.42. The van der Waals surface area contributed by atoms with Crippen molar-refractivity contribution in [1.29, 1.82) is 0 Å². The molecule has 0 atom stereocenters. The van der Waals surface area contributed by atoms with Gasteiger partial charge in [0.15, 0.2) is 0 Å². The molecule has 3 rings (SSSR count). The Morgan fingerprint density at radius 3 is 2.59 bits per heavy atom. The second kappa shape index (κ2) is 7.86. The minimum atomic E-state index is -0.463. The smallest absolute Gasteiger partial charge is 0.355 e. The molecule has 2 N–H and O–H groups in total. The Morgan fingerprint density at radius 1 is 1.22 bits per heavy atom. The second-order valence-corrected chi connectivity index (χ2v) is 6.09. The summed E-state index contributed by atoms with van der Waals surface area (Å²) in [4.78, 5) is 31.5. The molecule has 8 nitrogen and oxygen atoms in total. The number of rotatable bonds is 6. The fourth-order valence-electron chi connectivity index (χ4n) is 2.89. The first-order valence-electron chi connectivity index (χ1n) is 8.58. The van der Waals surface area contributed by atoms with Crippen molar-refractivity contribution in [2.75, 3.05) is 11.9 Å². The van der Waals surface area contributed by atoms with Crippen molar-refractivity contribution in [3.63, 3.8) is 0 Å². The topological polar surface area (TPSA) is 102 Å². The molecule has 0 aliphatic carbocycles. The predicted octanol–water partition coefficient (Wildman–Crippen LogP) is 2.70. The van der Waals surface area contributed by atoms with Crippen LogP contribution in [0.25, 0.3) is 0 Å². The van der Waals surface area contributed by atoms with Crippen LogP contribution in [0.15, 0.2) is 36.9 Å². The van der Waals surface area contributed by atoms with Crippen LogP contribution in [-0.4, -0.2) is 38.2 Å². The van der Waals surface area contributed by atoms with Gasteiger partial charge in [0.25, 0.3) is 5.91 Å². The molecule has 140 valence electrons. The normalized spacial score (nSPS) is 10.6. The highest BCUT2D eigenvalue weighted by Gasteiger charge is 2.22. The maximum absolute atomic E-state index is 12.7. The summed E-state index contributed by atoms with van der Waals surface area (Å²) in [5.41, 5.74) is 3.66. The van der Waals surface area contributed by atoms with Gasteiger partial charge >= 0.3 is 5.97 Å². The van der Waals surface area contributed by atoms with E-state index in [0.29, 0.717) is 34.7 Å². The molecule has 0 bridgehead atoms. The molecule has 0 saturated heterocycles. The van der Waals surface area contributed by atoms with Crippen LogP contribution in [0, 0.1) is 13.8 Å². The van der Waals surface area contributed by atoms with Gasteiger partial charge in [-0.2, -0.15) is 5.10 Å². The number of nitrogens with zero attached hydrogens (tertiary/aromatic N) is 3. The number of nitrogens with one attached hydrogen (secondary N) is 2. The average Bonchev–Trinajstić information content (AvgIpc) is 3.24. The summed E-state index contributed by atoms with van der Waals surface area (Å²) in [7, 11) is 0.